The van der Waals surface area contributed by atoms with Crippen LogP contribution >= 0.6 is 11.6 Å². The van der Waals surface area contributed by atoms with Gasteiger partial charge in [0, 0.05) is 25.2 Å². The maximum atomic E-state index is 12.2. The molecule has 26 heavy (non-hydrogen) atoms. The molecule has 7 nitrogen and oxygen atoms in total. The van der Waals surface area contributed by atoms with Gasteiger partial charge in [0.1, 0.15) is 5.15 Å². The number of carbonyl (C=O) groups is 1. The summed E-state index contributed by atoms with van der Waals surface area (Å²) in [6.07, 6.45) is 3.19. The summed E-state index contributed by atoms with van der Waals surface area (Å²) in [5.41, 5.74) is 4.91. The lowest BCUT2D eigenvalue weighted by Gasteiger charge is -2.16. The van der Waals surface area contributed by atoms with Crippen LogP contribution in [0.25, 0.3) is 0 Å². The lowest BCUT2D eigenvalue weighted by atomic mass is 10.1. The molecule has 2 aromatic rings. The molecule has 3 N–H and O–H groups in total. The van der Waals surface area contributed by atoms with Crippen molar-refractivity contribution in [1.82, 2.24) is 10.4 Å². The number of nitrogens with one attached hydrogen (secondary N) is 3. The van der Waals surface area contributed by atoms with Crippen molar-refractivity contribution < 1.29 is 9.53 Å². The number of ether oxygens (including phenoxy) is 1. The first-order valence-electron chi connectivity index (χ1n) is 7.93. The number of carbonyl (C=O) groups excluding carboxylic acids is 1. The van der Waals surface area contributed by atoms with Gasteiger partial charge in [-0.25, -0.2) is 4.98 Å². The maximum absolute atomic E-state index is 12.2. The number of nitrogens with zero attached hydrogens (tertiary/aromatic N) is 2. The summed E-state index contributed by atoms with van der Waals surface area (Å²) in [6.45, 7) is 1.78. The van der Waals surface area contributed by atoms with Crippen LogP contribution < -0.4 is 15.5 Å². The van der Waals surface area contributed by atoms with Crippen molar-refractivity contribution in [2.75, 3.05) is 19.5 Å². The molecule has 1 aromatic heterocycles. The Morgan fingerprint density at radius 2 is 2.15 bits per heavy atom. The van der Waals surface area contributed by atoms with Crippen molar-refractivity contribution in [1.29, 1.82) is 5.41 Å². The van der Waals surface area contributed by atoms with E-state index in [9.17, 15) is 4.79 Å². The first-order valence-corrected chi connectivity index (χ1v) is 8.31. The van der Waals surface area contributed by atoms with E-state index in [2.05, 4.69) is 20.8 Å². The van der Waals surface area contributed by atoms with Crippen LogP contribution in [0.4, 0.5) is 11.4 Å². The second-order valence-corrected chi connectivity index (χ2v) is 5.62. The molecule has 0 aliphatic carbocycles. The number of pyridine rings is 1. The van der Waals surface area contributed by atoms with Crippen LogP contribution in [0.15, 0.2) is 35.6 Å². The third-order valence-corrected chi connectivity index (χ3v) is 3.80. The van der Waals surface area contributed by atoms with Gasteiger partial charge in [0.15, 0.2) is 11.5 Å². The molecule has 0 amide bonds. The Morgan fingerprint density at radius 3 is 2.81 bits per heavy atom. The Balaban J connectivity index is 2.48. The molecule has 8 heteroatoms. The largest absolute Gasteiger partial charge is 0.494 e. The molecular weight excluding hydrogens is 354 g/mol. The third-order valence-electron chi connectivity index (χ3n) is 3.59. The summed E-state index contributed by atoms with van der Waals surface area (Å²) in [4.78, 5) is 16.2. The van der Waals surface area contributed by atoms with Gasteiger partial charge in [-0.05, 0) is 18.2 Å². The average molecular weight is 374 g/mol. The number of aromatic nitrogens is 1. The molecule has 136 valence electrons. The lowest BCUT2D eigenvalue weighted by Crippen LogP contribution is -2.09. The predicted octanol–water partition coefficient (Wildman–Crippen LogP) is 3.65. The minimum absolute atomic E-state index is 0.0549. The van der Waals surface area contributed by atoms with Crippen LogP contribution in [0.2, 0.25) is 5.15 Å². The summed E-state index contributed by atoms with van der Waals surface area (Å²) >= 11 is 5.99. The zero-order valence-electron chi connectivity index (χ0n) is 14.8. The molecule has 0 spiro atoms. The van der Waals surface area contributed by atoms with Crippen molar-refractivity contribution in [3.8, 4) is 5.75 Å². The molecule has 1 aromatic carbocycles. The predicted molar refractivity (Wildman–Crippen MR) is 105 cm³/mol. The number of hydrazone groups is 1. The van der Waals surface area contributed by atoms with Gasteiger partial charge in [-0.1, -0.05) is 24.6 Å². The number of benzene rings is 1. The fourth-order valence-electron chi connectivity index (χ4n) is 2.36. The molecule has 0 atom stereocenters. The highest BCUT2D eigenvalue weighted by atomic mass is 35.5. The number of halogens is 1. The van der Waals surface area contributed by atoms with Crippen LogP contribution in [0, 0.1) is 5.41 Å². The van der Waals surface area contributed by atoms with Crippen LogP contribution in [-0.2, 0) is 0 Å². The van der Waals surface area contributed by atoms with Gasteiger partial charge in [-0.2, -0.15) is 5.10 Å². The van der Waals surface area contributed by atoms with Gasteiger partial charge < -0.3 is 15.5 Å². The number of rotatable bonds is 8. The van der Waals surface area contributed by atoms with E-state index in [1.54, 1.807) is 38.2 Å². The van der Waals surface area contributed by atoms with Crippen molar-refractivity contribution in [3.05, 3.63) is 46.7 Å². The van der Waals surface area contributed by atoms with Crippen LogP contribution in [-0.4, -0.2) is 36.9 Å². The first-order chi connectivity index (χ1) is 12.5. The number of methoxy groups -OCH3 is 1. The molecular formula is C18H20ClN5O2. The Bertz CT molecular complexity index is 851. The minimum Gasteiger partial charge on any atom is -0.494 e. The van der Waals surface area contributed by atoms with Crippen LogP contribution in [0.1, 0.15) is 29.3 Å². The fourth-order valence-corrected chi connectivity index (χ4v) is 2.52. The lowest BCUT2D eigenvalue weighted by molar-refractivity contribution is 0.0988. The van der Waals surface area contributed by atoms with Crippen LogP contribution in [0.3, 0.4) is 0 Å². The minimum atomic E-state index is -0.0549. The number of Topliss-reactive ketones (excluding diaryl/α,β-unsaturated/α-hetero) is 1. The third kappa shape index (κ3) is 4.37. The molecule has 0 saturated heterocycles. The van der Waals surface area contributed by atoms with E-state index < -0.39 is 0 Å². The van der Waals surface area contributed by atoms with Gasteiger partial charge in [-0.3, -0.25) is 10.2 Å². The molecule has 0 aliphatic heterocycles. The summed E-state index contributed by atoms with van der Waals surface area (Å²) in [7, 11) is 3.17. The zero-order valence-corrected chi connectivity index (χ0v) is 15.5. The van der Waals surface area contributed by atoms with Gasteiger partial charge in [0.05, 0.1) is 36.0 Å². The second-order valence-electron chi connectivity index (χ2n) is 5.24. The highest BCUT2D eigenvalue weighted by molar-refractivity contribution is 6.37. The second kappa shape index (κ2) is 8.96. The van der Waals surface area contributed by atoms with Crippen LogP contribution in [0.5, 0.6) is 5.75 Å². The number of hydrogen-bond donors (Lipinski definition) is 3. The van der Waals surface area contributed by atoms with Crippen molar-refractivity contribution >= 4 is 40.7 Å². The fraction of sp³-hybridized carbons (Fsp3) is 0.222. The topological polar surface area (TPSA) is 99.5 Å². The molecule has 0 fully saturated rings. The van der Waals surface area contributed by atoms with E-state index in [4.69, 9.17) is 21.7 Å². The smallest absolute Gasteiger partial charge is 0.166 e. The van der Waals surface area contributed by atoms with Gasteiger partial charge >= 0.3 is 0 Å². The summed E-state index contributed by atoms with van der Waals surface area (Å²) in [5, 5.41) is 15.4. The van der Waals surface area contributed by atoms with Crippen molar-refractivity contribution in [3.63, 3.8) is 0 Å². The molecule has 0 aliphatic rings. The van der Waals surface area contributed by atoms with E-state index >= 15 is 0 Å². The number of ketones is 1. The van der Waals surface area contributed by atoms with Crippen molar-refractivity contribution in [2.24, 2.45) is 5.10 Å². The van der Waals surface area contributed by atoms with E-state index in [1.807, 2.05) is 0 Å². The Morgan fingerprint density at radius 1 is 1.38 bits per heavy atom. The zero-order chi connectivity index (χ0) is 19.1. The van der Waals surface area contributed by atoms with Gasteiger partial charge in [-0.15, -0.1) is 0 Å². The monoisotopic (exact) mass is 373 g/mol. The normalized spacial score (nSPS) is 10.6. The molecule has 2 rings (SSSR count). The SMILES string of the molecule is CCC(=O)c1cnc(Cl)cc1Nc1cccc(C(=N)/C=N\NC)c1OC. The number of anilines is 2. The summed E-state index contributed by atoms with van der Waals surface area (Å²) in [6, 6.07) is 6.92. The highest BCUT2D eigenvalue weighted by Crippen LogP contribution is 2.33. The Labute approximate surface area is 156 Å². The van der Waals surface area contributed by atoms with E-state index in [-0.39, 0.29) is 16.6 Å². The standard InChI is InChI=1S/C18H20ClN5O2/c1-4-16(25)12-9-22-17(19)8-15(12)24-14-7-5-6-11(18(14)26-3)13(20)10-23-21-2/h5-10,20-21H,4H2,1-3H3,(H,22,24)/b20-13?,23-10-. The number of para-hydroxylation sites is 1. The first kappa shape index (κ1) is 19.4. The van der Waals surface area contributed by atoms with E-state index in [1.165, 1.54) is 19.5 Å². The maximum Gasteiger partial charge on any atom is 0.166 e. The molecule has 1 heterocycles. The summed E-state index contributed by atoms with van der Waals surface area (Å²) < 4.78 is 5.49. The molecule has 0 unspecified atom stereocenters. The Kier molecular flexibility index (Phi) is 6.68. The molecule has 0 radical (unpaired) electrons. The van der Waals surface area contributed by atoms with Gasteiger partial charge in [0.2, 0.25) is 0 Å². The van der Waals surface area contributed by atoms with E-state index in [0.717, 1.165) is 0 Å². The quantitative estimate of drug-likeness (QED) is 0.284. The molecule has 0 saturated carbocycles. The highest BCUT2D eigenvalue weighted by Gasteiger charge is 2.16. The average Bonchev–Trinajstić information content (AvgIpc) is 2.65. The van der Waals surface area contributed by atoms with Gasteiger partial charge in [0.25, 0.3) is 0 Å². The van der Waals surface area contributed by atoms with E-state index in [0.29, 0.717) is 34.7 Å². The summed E-state index contributed by atoms with van der Waals surface area (Å²) in [5.74, 6) is 0.406. The Hall–Kier alpha value is -2.93. The molecule has 0 bridgehead atoms. The van der Waals surface area contributed by atoms with Crippen molar-refractivity contribution in [2.45, 2.75) is 13.3 Å². The number of hydrogen-bond acceptors (Lipinski definition) is 7.